The predicted octanol–water partition coefficient (Wildman–Crippen LogP) is 6.68. The fourth-order valence-corrected chi connectivity index (χ4v) is 9.24. The van der Waals surface area contributed by atoms with Crippen molar-refractivity contribution in [3.05, 3.63) is 27.7 Å². The molecular weight excluding hydrogens is 609 g/mol. The second kappa shape index (κ2) is 13.8. The monoisotopic (exact) mass is 655 g/mol. The number of unbranched alkanes of at least 4 members (excludes halogenated alkanes) is 1. The first-order chi connectivity index (χ1) is 20.5. The van der Waals surface area contributed by atoms with Gasteiger partial charge >= 0.3 is 6.09 Å². The van der Waals surface area contributed by atoms with Crippen molar-refractivity contribution in [2.45, 2.75) is 101 Å². The predicted molar refractivity (Wildman–Crippen MR) is 170 cm³/mol. The summed E-state index contributed by atoms with van der Waals surface area (Å²) in [6.07, 6.45) is 14.1. The topological polar surface area (TPSA) is 87.2 Å². The number of likely N-dealkylation sites (tertiary alicyclic amines) is 2. The summed E-state index contributed by atoms with van der Waals surface area (Å²) in [5, 5.41) is 0.108. The van der Waals surface area contributed by atoms with Gasteiger partial charge in [0.25, 0.3) is 5.91 Å². The number of nitrogens with zero attached hydrogens (tertiary/aromatic N) is 3. The zero-order valence-electron chi connectivity index (χ0n) is 25.7. The molecule has 3 aliphatic heterocycles. The molecule has 4 fully saturated rings. The van der Waals surface area contributed by atoms with Crippen molar-refractivity contribution in [2.24, 2.45) is 11.8 Å². The molecule has 3 saturated heterocycles. The highest BCUT2D eigenvalue weighted by Gasteiger charge is 2.50. The van der Waals surface area contributed by atoms with E-state index in [1.807, 2.05) is 4.90 Å². The molecule has 8 nitrogen and oxygen atoms in total. The molecule has 1 unspecified atom stereocenters. The highest BCUT2D eigenvalue weighted by atomic mass is 35.5. The molecule has 43 heavy (non-hydrogen) atoms. The third kappa shape index (κ3) is 7.47. The molecule has 3 heterocycles. The lowest BCUT2D eigenvalue weighted by Crippen LogP contribution is -2.61. The third-order valence-corrected chi connectivity index (χ3v) is 12.1. The first-order valence-corrected chi connectivity index (χ1v) is 18.9. The average Bonchev–Trinajstić information content (AvgIpc) is 2.98. The Morgan fingerprint density at radius 3 is 2.21 bits per heavy atom. The van der Waals surface area contributed by atoms with E-state index in [2.05, 4.69) is 11.8 Å². The minimum Gasteiger partial charge on any atom is -0.442 e. The molecule has 0 N–H and O–H groups in total. The average molecular weight is 657 g/mol. The molecule has 1 aromatic rings. The van der Waals surface area contributed by atoms with Crippen LogP contribution < -0.4 is 0 Å². The highest BCUT2D eigenvalue weighted by molar-refractivity contribution is 7.90. The molecule has 0 bridgehead atoms. The molecule has 0 aromatic heterocycles. The molecule has 1 aliphatic carbocycles. The highest BCUT2D eigenvalue weighted by Crippen LogP contribution is 2.42. The van der Waals surface area contributed by atoms with E-state index in [0.717, 1.165) is 77.4 Å². The van der Waals surface area contributed by atoms with E-state index in [9.17, 15) is 18.0 Å². The van der Waals surface area contributed by atoms with Gasteiger partial charge in [0.2, 0.25) is 0 Å². The van der Waals surface area contributed by atoms with E-state index in [1.165, 1.54) is 44.2 Å². The zero-order valence-corrected chi connectivity index (χ0v) is 28.0. The lowest BCUT2D eigenvalue weighted by molar-refractivity contribution is -0.127. The van der Waals surface area contributed by atoms with Gasteiger partial charge in [-0.1, -0.05) is 62.2 Å². The van der Waals surface area contributed by atoms with Crippen LogP contribution in [0.1, 0.15) is 94.3 Å². The van der Waals surface area contributed by atoms with Crippen LogP contribution in [-0.4, -0.2) is 92.3 Å². The van der Waals surface area contributed by atoms with Crippen molar-refractivity contribution in [3.63, 3.8) is 0 Å². The van der Waals surface area contributed by atoms with Crippen LogP contribution in [-0.2, 0) is 14.6 Å². The number of halogens is 2. The quantitative estimate of drug-likeness (QED) is 0.311. The Hall–Kier alpha value is -1.55. The number of ether oxygens (including phenoxy) is 1. The molecule has 4 aliphatic rings. The molecule has 1 saturated carbocycles. The minimum atomic E-state index is -3.50. The molecule has 1 spiro atoms. The summed E-state index contributed by atoms with van der Waals surface area (Å²) in [4.78, 5) is 32.9. The van der Waals surface area contributed by atoms with E-state index < -0.39 is 9.84 Å². The van der Waals surface area contributed by atoms with E-state index in [0.29, 0.717) is 31.0 Å². The summed E-state index contributed by atoms with van der Waals surface area (Å²) < 4.78 is 30.3. The standard InChI is InChI=1S/C32H47Cl2N3O5S/c1-3-4-10-24-22-37(21-23-8-6-5-7-9-23)31(39)42-32(24)13-17-35(18-14-32)25-11-15-36(16-12-25)30(38)29-27(33)19-26(20-28(29)34)43(2,40)41/h19-20,23-25H,3-18,21-22H2,1-2H3. The Bertz CT molecular complexity index is 1250. The molecular formula is C32H47Cl2N3O5S. The number of carbonyl (C=O) groups is 2. The van der Waals surface area contributed by atoms with Crippen molar-refractivity contribution < 1.29 is 22.7 Å². The van der Waals surface area contributed by atoms with Crippen LogP contribution in [0.5, 0.6) is 0 Å². The molecule has 5 rings (SSSR count). The summed E-state index contributed by atoms with van der Waals surface area (Å²) in [5.41, 5.74) is -0.211. The summed E-state index contributed by atoms with van der Waals surface area (Å²) in [7, 11) is -3.50. The SMILES string of the molecule is CCCCC1CN(CC2CCCCC2)C(=O)OC12CCN(C1CCN(C(=O)c3c(Cl)cc(S(C)(=O)=O)cc3Cl)CC1)CC2. The van der Waals surface area contributed by atoms with Crippen molar-refractivity contribution >= 4 is 45.0 Å². The Labute approximate surface area is 267 Å². The summed E-state index contributed by atoms with van der Waals surface area (Å²) >= 11 is 12.7. The van der Waals surface area contributed by atoms with Crippen LogP contribution >= 0.6 is 23.2 Å². The zero-order chi connectivity index (χ0) is 30.8. The summed E-state index contributed by atoms with van der Waals surface area (Å²) in [6, 6.07) is 2.96. The van der Waals surface area contributed by atoms with Gasteiger partial charge in [-0.3, -0.25) is 9.69 Å². The van der Waals surface area contributed by atoms with Gasteiger partial charge in [-0.2, -0.15) is 0 Å². The molecule has 1 atom stereocenters. The molecule has 2 amide bonds. The van der Waals surface area contributed by atoms with Crippen molar-refractivity contribution in [1.29, 1.82) is 0 Å². The Morgan fingerprint density at radius 2 is 1.63 bits per heavy atom. The van der Waals surface area contributed by atoms with Crippen molar-refractivity contribution in [3.8, 4) is 0 Å². The van der Waals surface area contributed by atoms with Gasteiger partial charge in [0.1, 0.15) is 5.60 Å². The number of amides is 2. The van der Waals surface area contributed by atoms with Gasteiger partial charge in [0, 0.05) is 70.3 Å². The fraction of sp³-hybridized carbons (Fsp3) is 0.750. The van der Waals surface area contributed by atoms with E-state index in [-0.39, 0.29) is 38.1 Å². The Morgan fingerprint density at radius 1 is 1.00 bits per heavy atom. The van der Waals surface area contributed by atoms with Crippen LogP contribution in [0.3, 0.4) is 0 Å². The summed E-state index contributed by atoms with van der Waals surface area (Å²) in [5.74, 6) is 0.719. The van der Waals surface area contributed by atoms with E-state index in [1.54, 1.807) is 4.90 Å². The second-order valence-corrected chi connectivity index (χ2v) is 16.1. The number of rotatable bonds is 8. The van der Waals surface area contributed by atoms with Crippen LogP contribution in [0.2, 0.25) is 10.0 Å². The number of sulfone groups is 1. The van der Waals surface area contributed by atoms with E-state index in [4.69, 9.17) is 27.9 Å². The van der Waals surface area contributed by atoms with Crippen LogP contribution in [0, 0.1) is 11.8 Å². The number of piperidine rings is 2. The third-order valence-electron chi connectivity index (χ3n) is 10.4. The lowest BCUT2D eigenvalue weighted by atomic mass is 9.75. The fourth-order valence-electron chi connectivity index (χ4n) is 7.80. The van der Waals surface area contributed by atoms with Gasteiger partial charge in [0.05, 0.1) is 20.5 Å². The number of benzene rings is 1. The molecule has 240 valence electrons. The van der Waals surface area contributed by atoms with Crippen LogP contribution in [0.4, 0.5) is 4.79 Å². The maximum Gasteiger partial charge on any atom is 0.410 e. The maximum absolute atomic E-state index is 13.3. The number of hydrogen-bond acceptors (Lipinski definition) is 6. The smallest absolute Gasteiger partial charge is 0.410 e. The van der Waals surface area contributed by atoms with Gasteiger partial charge in [-0.15, -0.1) is 0 Å². The molecule has 0 radical (unpaired) electrons. The number of hydrogen-bond donors (Lipinski definition) is 0. The maximum atomic E-state index is 13.3. The minimum absolute atomic E-state index is 0.00173. The number of carbonyl (C=O) groups excluding carboxylic acids is 2. The first-order valence-electron chi connectivity index (χ1n) is 16.2. The van der Waals surface area contributed by atoms with Crippen molar-refractivity contribution in [2.75, 3.05) is 45.5 Å². The van der Waals surface area contributed by atoms with E-state index >= 15 is 0 Å². The second-order valence-electron chi connectivity index (χ2n) is 13.3. The first kappa shape index (κ1) is 32.8. The van der Waals surface area contributed by atoms with Crippen LogP contribution in [0.15, 0.2) is 17.0 Å². The lowest BCUT2D eigenvalue weighted by Gasteiger charge is -2.52. The Kier molecular flexibility index (Phi) is 10.6. The van der Waals surface area contributed by atoms with Gasteiger partial charge < -0.3 is 14.5 Å². The van der Waals surface area contributed by atoms with Crippen molar-refractivity contribution in [1.82, 2.24) is 14.7 Å². The van der Waals surface area contributed by atoms with Crippen LogP contribution in [0.25, 0.3) is 0 Å². The van der Waals surface area contributed by atoms with Gasteiger partial charge in [0.15, 0.2) is 9.84 Å². The molecule has 1 aromatic carbocycles. The van der Waals surface area contributed by atoms with Gasteiger partial charge in [-0.25, -0.2) is 13.2 Å². The largest absolute Gasteiger partial charge is 0.442 e. The normalized spacial score (nSPS) is 24.4. The summed E-state index contributed by atoms with van der Waals surface area (Å²) in [6.45, 7) is 6.84. The Balaban J connectivity index is 1.17. The molecule has 11 heteroatoms. The van der Waals surface area contributed by atoms with Gasteiger partial charge in [-0.05, 0) is 50.2 Å².